The van der Waals surface area contributed by atoms with Gasteiger partial charge >= 0.3 is 0 Å². The molecule has 0 fully saturated rings. The number of pyridine rings is 1. The summed E-state index contributed by atoms with van der Waals surface area (Å²) in [6.45, 7) is 5.15. The van der Waals surface area contributed by atoms with Crippen LogP contribution >= 0.6 is 12.2 Å². The second-order valence-corrected chi connectivity index (χ2v) is 9.27. The maximum atomic E-state index is 13.0. The molecule has 4 aromatic rings. The zero-order valence-electron chi connectivity index (χ0n) is 21.1. The molecule has 1 aromatic heterocycles. The molecule has 186 valence electrons. The maximum absolute atomic E-state index is 13.0. The van der Waals surface area contributed by atoms with Crippen molar-refractivity contribution < 1.29 is 9.47 Å². The SMILES string of the molecule is COc1cc2cc(CN(CCc3cccc(C)c3)C(=S)Nc3cccc(C)c3)c(=O)[nH]c2cc1OC. The Morgan fingerprint density at radius 1 is 0.944 bits per heavy atom. The third-order valence-corrected chi connectivity index (χ3v) is 6.46. The number of fused-ring (bicyclic) bond motifs is 1. The van der Waals surface area contributed by atoms with Crippen LogP contribution < -0.4 is 20.3 Å². The molecule has 0 saturated heterocycles. The van der Waals surface area contributed by atoms with Crippen LogP contribution in [-0.2, 0) is 13.0 Å². The predicted octanol–water partition coefficient (Wildman–Crippen LogP) is 5.60. The summed E-state index contributed by atoms with van der Waals surface area (Å²) >= 11 is 5.82. The predicted molar refractivity (Wildman–Crippen MR) is 150 cm³/mol. The number of H-pyrrole nitrogens is 1. The number of thiocarbonyl (C=S) groups is 1. The van der Waals surface area contributed by atoms with E-state index in [-0.39, 0.29) is 5.56 Å². The molecular formula is C29H31N3O3S. The Labute approximate surface area is 216 Å². The standard InChI is InChI=1S/C29H31N3O3S/c1-19-7-5-9-21(13-19)11-12-32(29(36)30-24-10-6-8-20(2)14-24)18-23-15-22-16-26(34-3)27(35-4)17-25(22)31-28(23)33/h5-10,13-17H,11-12,18H2,1-4H3,(H,30,36)(H,31,33). The Morgan fingerprint density at radius 3 is 2.33 bits per heavy atom. The normalized spacial score (nSPS) is 10.8. The van der Waals surface area contributed by atoms with E-state index in [0.29, 0.717) is 40.8 Å². The lowest BCUT2D eigenvalue weighted by Crippen LogP contribution is -2.37. The molecule has 36 heavy (non-hydrogen) atoms. The van der Waals surface area contributed by atoms with E-state index >= 15 is 0 Å². The molecule has 7 heteroatoms. The molecule has 0 spiro atoms. The molecule has 0 bridgehead atoms. The first-order valence-corrected chi connectivity index (χ1v) is 12.2. The lowest BCUT2D eigenvalue weighted by atomic mass is 10.1. The van der Waals surface area contributed by atoms with Crippen molar-refractivity contribution in [2.75, 3.05) is 26.1 Å². The van der Waals surface area contributed by atoms with Crippen LogP contribution in [0.5, 0.6) is 11.5 Å². The van der Waals surface area contributed by atoms with Crippen molar-refractivity contribution in [1.29, 1.82) is 0 Å². The average molecular weight is 502 g/mol. The monoisotopic (exact) mass is 501 g/mol. The lowest BCUT2D eigenvalue weighted by molar-refractivity contribution is 0.355. The summed E-state index contributed by atoms with van der Waals surface area (Å²) in [5, 5.41) is 4.78. The zero-order valence-corrected chi connectivity index (χ0v) is 21.9. The summed E-state index contributed by atoms with van der Waals surface area (Å²) in [5.41, 5.74) is 5.65. The van der Waals surface area contributed by atoms with Crippen LogP contribution in [0, 0.1) is 13.8 Å². The number of aromatic nitrogens is 1. The summed E-state index contributed by atoms with van der Waals surface area (Å²) in [6, 6.07) is 22.1. The minimum absolute atomic E-state index is 0.159. The second-order valence-electron chi connectivity index (χ2n) is 8.88. The number of aryl methyl sites for hydroxylation is 2. The number of ether oxygens (including phenoxy) is 2. The van der Waals surface area contributed by atoms with Crippen LogP contribution in [0.1, 0.15) is 22.3 Å². The molecule has 6 nitrogen and oxygen atoms in total. The zero-order chi connectivity index (χ0) is 25.7. The molecule has 1 heterocycles. The highest BCUT2D eigenvalue weighted by Crippen LogP contribution is 2.31. The van der Waals surface area contributed by atoms with Gasteiger partial charge in [0.25, 0.3) is 5.56 Å². The van der Waals surface area contributed by atoms with E-state index in [9.17, 15) is 4.79 Å². The van der Waals surface area contributed by atoms with Gasteiger partial charge in [0.1, 0.15) is 0 Å². The third kappa shape index (κ3) is 6.04. The van der Waals surface area contributed by atoms with Gasteiger partial charge < -0.3 is 24.7 Å². The van der Waals surface area contributed by atoms with Crippen LogP contribution in [0.15, 0.2) is 71.5 Å². The number of hydrogen-bond acceptors (Lipinski definition) is 4. The number of methoxy groups -OCH3 is 2. The smallest absolute Gasteiger partial charge is 0.253 e. The van der Waals surface area contributed by atoms with E-state index in [1.807, 2.05) is 48.2 Å². The molecule has 0 unspecified atom stereocenters. The topological polar surface area (TPSA) is 66.6 Å². The van der Waals surface area contributed by atoms with Crippen LogP contribution in [0.2, 0.25) is 0 Å². The van der Waals surface area contributed by atoms with Gasteiger partial charge in [0.05, 0.1) is 26.3 Å². The molecular weight excluding hydrogens is 470 g/mol. The molecule has 3 aromatic carbocycles. The van der Waals surface area contributed by atoms with Gasteiger partial charge in [-0.15, -0.1) is 0 Å². The van der Waals surface area contributed by atoms with Gasteiger partial charge in [-0.1, -0.05) is 42.0 Å². The van der Waals surface area contributed by atoms with E-state index in [2.05, 4.69) is 41.5 Å². The van der Waals surface area contributed by atoms with E-state index in [1.165, 1.54) is 11.1 Å². The van der Waals surface area contributed by atoms with Gasteiger partial charge in [0.2, 0.25) is 0 Å². The van der Waals surface area contributed by atoms with E-state index in [1.54, 1.807) is 20.3 Å². The van der Waals surface area contributed by atoms with E-state index in [0.717, 1.165) is 23.1 Å². The van der Waals surface area contributed by atoms with Crippen molar-refractivity contribution in [2.45, 2.75) is 26.8 Å². The number of rotatable bonds is 8. The number of nitrogens with zero attached hydrogens (tertiary/aromatic N) is 1. The van der Waals surface area contributed by atoms with Crippen molar-refractivity contribution in [1.82, 2.24) is 9.88 Å². The van der Waals surface area contributed by atoms with Crippen LogP contribution in [0.4, 0.5) is 5.69 Å². The highest BCUT2D eigenvalue weighted by molar-refractivity contribution is 7.80. The van der Waals surface area contributed by atoms with Gasteiger partial charge in [0, 0.05) is 29.2 Å². The quantitative estimate of drug-likeness (QED) is 0.306. The van der Waals surface area contributed by atoms with Crippen LogP contribution in [0.3, 0.4) is 0 Å². The molecule has 0 aliphatic heterocycles. The van der Waals surface area contributed by atoms with Gasteiger partial charge in [-0.2, -0.15) is 0 Å². The molecule has 2 N–H and O–H groups in total. The fourth-order valence-electron chi connectivity index (χ4n) is 4.21. The molecule has 0 aliphatic rings. The second kappa shape index (κ2) is 11.3. The molecule has 0 amide bonds. The van der Waals surface area contributed by atoms with Gasteiger partial charge in [-0.05, 0) is 67.9 Å². The first-order valence-electron chi connectivity index (χ1n) is 11.8. The Bertz CT molecular complexity index is 1450. The highest BCUT2D eigenvalue weighted by Gasteiger charge is 2.15. The Kier molecular flexibility index (Phi) is 7.90. The van der Waals surface area contributed by atoms with Crippen molar-refractivity contribution in [3.8, 4) is 11.5 Å². The Morgan fingerprint density at radius 2 is 1.64 bits per heavy atom. The number of benzene rings is 3. The molecule has 0 saturated carbocycles. The number of anilines is 1. The maximum Gasteiger partial charge on any atom is 0.253 e. The van der Waals surface area contributed by atoms with Gasteiger partial charge in [-0.3, -0.25) is 4.79 Å². The largest absolute Gasteiger partial charge is 0.493 e. The Hall–Kier alpha value is -3.84. The third-order valence-electron chi connectivity index (χ3n) is 6.10. The Balaban J connectivity index is 1.64. The summed E-state index contributed by atoms with van der Waals surface area (Å²) in [7, 11) is 3.17. The molecule has 0 atom stereocenters. The van der Waals surface area contributed by atoms with Crippen LogP contribution in [-0.4, -0.2) is 35.8 Å². The van der Waals surface area contributed by atoms with Gasteiger partial charge in [0.15, 0.2) is 16.6 Å². The van der Waals surface area contributed by atoms with Crippen LogP contribution in [0.25, 0.3) is 10.9 Å². The van der Waals surface area contributed by atoms with Gasteiger partial charge in [-0.25, -0.2) is 0 Å². The summed E-state index contributed by atoms with van der Waals surface area (Å²) in [4.78, 5) is 18.1. The molecule has 0 aliphatic carbocycles. The molecule has 0 radical (unpaired) electrons. The minimum Gasteiger partial charge on any atom is -0.493 e. The van der Waals surface area contributed by atoms with E-state index < -0.39 is 0 Å². The first-order chi connectivity index (χ1) is 17.4. The highest BCUT2D eigenvalue weighted by atomic mass is 32.1. The summed E-state index contributed by atoms with van der Waals surface area (Å²) in [5.74, 6) is 1.17. The van der Waals surface area contributed by atoms with Crippen molar-refractivity contribution >= 4 is 33.9 Å². The van der Waals surface area contributed by atoms with E-state index in [4.69, 9.17) is 21.7 Å². The van der Waals surface area contributed by atoms with Crippen molar-refractivity contribution in [3.63, 3.8) is 0 Å². The number of nitrogens with one attached hydrogen (secondary N) is 2. The first kappa shape index (κ1) is 25.3. The average Bonchev–Trinajstić information content (AvgIpc) is 2.86. The fraction of sp³-hybridized carbons (Fsp3) is 0.241. The van der Waals surface area contributed by atoms with Crippen molar-refractivity contribution in [2.24, 2.45) is 0 Å². The number of aromatic amines is 1. The van der Waals surface area contributed by atoms with Crippen molar-refractivity contribution in [3.05, 3.63) is 99.3 Å². The number of hydrogen-bond donors (Lipinski definition) is 2. The minimum atomic E-state index is -0.159. The lowest BCUT2D eigenvalue weighted by Gasteiger charge is -2.26. The fourth-order valence-corrected chi connectivity index (χ4v) is 4.48. The molecule has 4 rings (SSSR count). The summed E-state index contributed by atoms with van der Waals surface area (Å²) < 4.78 is 10.8. The summed E-state index contributed by atoms with van der Waals surface area (Å²) in [6.07, 6.45) is 0.799.